The number of hydrogen-bond donors (Lipinski definition) is 0. The van der Waals surface area contributed by atoms with Crippen molar-refractivity contribution in [3.8, 4) is 0 Å². The molecule has 0 aliphatic carbocycles. The highest BCUT2D eigenvalue weighted by Gasteiger charge is 2.31. The number of carbonyl (C=O) groups is 2. The minimum Gasteiger partial charge on any atom is -0.342 e. The first kappa shape index (κ1) is 16.5. The number of carbonyl (C=O) groups excluding carboxylic acids is 2. The maximum atomic E-state index is 12.4. The zero-order valence-electron chi connectivity index (χ0n) is 13.3. The predicted molar refractivity (Wildman–Crippen MR) is 93.0 cm³/mol. The van der Waals surface area contributed by atoms with E-state index in [0.717, 1.165) is 48.8 Å². The third-order valence-electron chi connectivity index (χ3n) is 4.86. The van der Waals surface area contributed by atoms with Crippen molar-refractivity contribution in [3.63, 3.8) is 0 Å². The highest BCUT2D eigenvalue weighted by Crippen LogP contribution is 2.23. The van der Waals surface area contributed by atoms with Gasteiger partial charge in [0.05, 0.1) is 6.42 Å². The van der Waals surface area contributed by atoms with E-state index >= 15 is 0 Å². The molecule has 3 rings (SSSR count). The van der Waals surface area contributed by atoms with E-state index in [0.29, 0.717) is 25.4 Å². The first-order valence-electron chi connectivity index (χ1n) is 8.44. The van der Waals surface area contributed by atoms with E-state index in [1.807, 2.05) is 34.1 Å². The van der Waals surface area contributed by atoms with E-state index < -0.39 is 0 Å². The third kappa shape index (κ3) is 4.14. The Kier molecular flexibility index (Phi) is 5.36. The van der Waals surface area contributed by atoms with Crippen molar-refractivity contribution in [2.45, 2.75) is 32.1 Å². The molecule has 0 aromatic heterocycles. The summed E-state index contributed by atoms with van der Waals surface area (Å²) >= 11 is 3.44. The Balaban J connectivity index is 1.50. The Morgan fingerprint density at radius 1 is 1.04 bits per heavy atom. The van der Waals surface area contributed by atoms with Gasteiger partial charge in [-0.3, -0.25) is 9.59 Å². The Morgan fingerprint density at radius 2 is 1.74 bits per heavy atom. The van der Waals surface area contributed by atoms with Crippen molar-refractivity contribution in [1.29, 1.82) is 0 Å². The Labute approximate surface area is 146 Å². The zero-order chi connectivity index (χ0) is 16.2. The fourth-order valence-electron chi connectivity index (χ4n) is 3.50. The zero-order valence-corrected chi connectivity index (χ0v) is 14.9. The van der Waals surface area contributed by atoms with Gasteiger partial charge in [0, 0.05) is 36.6 Å². The van der Waals surface area contributed by atoms with Crippen molar-refractivity contribution in [3.05, 3.63) is 34.3 Å². The topological polar surface area (TPSA) is 40.6 Å². The van der Waals surface area contributed by atoms with Gasteiger partial charge in [-0.15, -0.1) is 0 Å². The van der Waals surface area contributed by atoms with Gasteiger partial charge in [-0.05, 0) is 43.4 Å². The highest BCUT2D eigenvalue weighted by molar-refractivity contribution is 9.10. The van der Waals surface area contributed by atoms with Crippen LogP contribution in [-0.2, 0) is 16.0 Å². The molecule has 2 saturated heterocycles. The predicted octanol–water partition coefficient (Wildman–Crippen LogP) is 2.85. The fraction of sp³-hybridized carbons (Fsp3) is 0.556. The largest absolute Gasteiger partial charge is 0.342 e. The summed E-state index contributed by atoms with van der Waals surface area (Å²) in [5.41, 5.74) is 1.03. The van der Waals surface area contributed by atoms with E-state index in [2.05, 4.69) is 15.9 Å². The molecule has 2 aliphatic rings. The number of likely N-dealkylation sites (tertiary alicyclic amines) is 2. The van der Waals surface area contributed by atoms with E-state index in [1.54, 1.807) is 0 Å². The normalized spacial score (nSPS) is 19.2. The van der Waals surface area contributed by atoms with Gasteiger partial charge >= 0.3 is 0 Å². The van der Waals surface area contributed by atoms with Crippen LogP contribution in [0.2, 0.25) is 0 Å². The van der Waals surface area contributed by atoms with E-state index in [9.17, 15) is 9.59 Å². The number of hydrogen-bond acceptors (Lipinski definition) is 2. The molecular formula is C18H23BrN2O2. The lowest BCUT2D eigenvalue weighted by molar-refractivity contribution is -0.139. The van der Waals surface area contributed by atoms with Gasteiger partial charge in [0.25, 0.3) is 0 Å². The average molecular weight is 379 g/mol. The van der Waals surface area contributed by atoms with Crippen LogP contribution in [0.25, 0.3) is 0 Å². The van der Waals surface area contributed by atoms with Crippen LogP contribution in [0.3, 0.4) is 0 Å². The minimum atomic E-state index is 0.114. The number of amides is 2. The van der Waals surface area contributed by atoms with Gasteiger partial charge in [-0.25, -0.2) is 0 Å². The lowest BCUT2D eigenvalue weighted by atomic mass is 9.95. The number of piperidine rings is 1. The molecule has 0 spiro atoms. The van der Waals surface area contributed by atoms with E-state index in [4.69, 9.17) is 0 Å². The standard InChI is InChI=1S/C18H23BrN2O2/c19-16-5-3-4-14(12-16)13-17(22)20-10-6-15(7-11-20)18(23)21-8-1-2-9-21/h3-5,12,15H,1-2,6-11,13H2. The molecule has 2 amide bonds. The molecule has 0 atom stereocenters. The summed E-state index contributed by atoms with van der Waals surface area (Å²) in [6.07, 6.45) is 4.31. The van der Waals surface area contributed by atoms with Crippen molar-refractivity contribution >= 4 is 27.7 Å². The lowest BCUT2D eigenvalue weighted by Crippen LogP contribution is -2.44. The second-order valence-electron chi connectivity index (χ2n) is 6.49. The fourth-order valence-corrected chi connectivity index (χ4v) is 3.95. The molecule has 0 saturated carbocycles. The summed E-state index contributed by atoms with van der Waals surface area (Å²) in [6.45, 7) is 3.25. The molecule has 2 aliphatic heterocycles. The first-order valence-corrected chi connectivity index (χ1v) is 9.24. The SMILES string of the molecule is O=C(Cc1cccc(Br)c1)N1CCC(C(=O)N2CCCC2)CC1. The molecule has 0 unspecified atom stereocenters. The van der Waals surface area contributed by atoms with Crippen LogP contribution in [0, 0.1) is 5.92 Å². The van der Waals surface area contributed by atoms with Crippen molar-refractivity contribution in [2.24, 2.45) is 5.92 Å². The quantitative estimate of drug-likeness (QED) is 0.811. The number of halogens is 1. The van der Waals surface area contributed by atoms with Gasteiger partial charge in [0.15, 0.2) is 0 Å². The maximum Gasteiger partial charge on any atom is 0.226 e. The van der Waals surface area contributed by atoms with Crippen LogP contribution in [-0.4, -0.2) is 47.8 Å². The number of nitrogens with zero attached hydrogens (tertiary/aromatic N) is 2. The molecule has 0 N–H and O–H groups in total. The molecule has 5 heteroatoms. The Morgan fingerprint density at radius 3 is 2.39 bits per heavy atom. The monoisotopic (exact) mass is 378 g/mol. The van der Waals surface area contributed by atoms with Crippen LogP contribution in [0.15, 0.2) is 28.7 Å². The summed E-state index contributed by atoms with van der Waals surface area (Å²) < 4.78 is 0.998. The molecule has 1 aromatic carbocycles. The van der Waals surface area contributed by atoms with Gasteiger partial charge in [-0.2, -0.15) is 0 Å². The van der Waals surface area contributed by atoms with Crippen molar-refractivity contribution in [1.82, 2.24) is 9.80 Å². The molecule has 2 fully saturated rings. The second-order valence-corrected chi connectivity index (χ2v) is 7.41. The van der Waals surface area contributed by atoms with Crippen LogP contribution in [0.5, 0.6) is 0 Å². The third-order valence-corrected chi connectivity index (χ3v) is 5.35. The van der Waals surface area contributed by atoms with Gasteiger partial charge in [0.2, 0.25) is 11.8 Å². The molecule has 1 aromatic rings. The summed E-state index contributed by atoms with van der Waals surface area (Å²) in [5.74, 6) is 0.583. The summed E-state index contributed by atoms with van der Waals surface area (Å²) in [5, 5.41) is 0. The lowest BCUT2D eigenvalue weighted by Gasteiger charge is -2.33. The Bertz CT molecular complexity index is 576. The van der Waals surface area contributed by atoms with Crippen LogP contribution in [0.4, 0.5) is 0 Å². The minimum absolute atomic E-state index is 0.114. The Hall–Kier alpha value is -1.36. The van der Waals surface area contributed by atoms with E-state index in [1.165, 1.54) is 0 Å². The number of benzene rings is 1. The number of rotatable bonds is 3. The van der Waals surface area contributed by atoms with Crippen LogP contribution in [0.1, 0.15) is 31.2 Å². The molecule has 0 bridgehead atoms. The molecule has 23 heavy (non-hydrogen) atoms. The van der Waals surface area contributed by atoms with E-state index in [-0.39, 0.29) is 11.8 Å². The second kappa shape index (κ2) is 7.47. The van der Waals surface area contributed by atoms with Gasteiger partial charge in [-0.1, -0.05) is 28.1 Å². The molecule has 4 nitrogen and oxygen atoms in total. The van der Waals surface area contributed by atoms with Gasteiger partial charge < -0.3 is 9.80 Å². The highest BCUT2D eigenvalue weighted by atomic mass is 79.9. The summed E-state index contributed by atoms with van der Waals surface area (Å²) in [4.78, 5) is 28.8. The van der Waals surface area contributed by atoms with Crippen molar-refractivity contribution < 1.29 is 9.59 Å². The first-order chi connectivity index (χ1) is 11.1. The maximum absolute atomic E-state index is 12.4. The van der Waals surface area contributed by atoms with Gasteiger partial charge in [0.1, 0.15) is 0 Å². The summed E-state index contributed by atoms with van der Waals surface area (Å²) in [6, 6.07) is 7.88. The van der Waals surface area contributed by atoms with Crippen LogP contribution < -0.4 is 0 Å². The van der Waals surface area contributed by atoms with Crippen molar-refractivity contribution in [2.75, 3.05) is 26.2 Å². The van der Waals surface area contributed by atoms with Crippen LogP contribution >= 0.6 is 15.9 Å². The molecule has 0 radical (unpaired) electrons. The smallest absolute Gasteiger partial charge is 0.226 e. The average Bonchev–Trinajstić information content (AvgIpc) is 3.09. The summed E-state index contributed by atoms with van der Waals surface area (Å²) in [7, 11) is 0. The molecule has 124 valence electrons. The molecule has 2 heterocycles. The molecular weight excluding hydrogens is 356 g/mol.